The normalized spacial score (nSPS) is 11.2. The number of methoxy groups -OCH3 is 1. The van der Waals surface area contributed by atoms with Crippen LogP contribution in [0.3, 0.4) is 0 Å². The van der Waals surface area contributed by atoms with Crippen LogP contribution in [0.2, 0.25) is 0 Å². The molecule has 0 fully saturated rings. The van der Waals surface area contributed by atoms with E-state index in [-0.39, 0.29) is 12.6 Å². The number of aromatic nitrogens is 1. The summed E-state index contributed by atoms with van der Waals surface area (Å²) in [6, 6.07) is 16.8. The number of carbonyl (C=O) groups excluding carboxylic acids is 1. The summed E-state index contributed by atoms with van der Waals surface area (Å²) < 4.78 is 17.6. The summed E-state index contributed by atoms with van der Waals surface area (Å²) >= 11 is 0. The first-order chi connectivity index (χ1) is 11.8. The monoisotopic (exact) mass is 327 g/mol. The Morgan fingerprint density at radius 1 is 0.875 bits per heavy atom. The van der Waals surface area contributed by atoms with E-state index in [9.17, 15) is 4.79 Å². The molecule has 0 radical (unpaired) electrons. The lowest BCUT2D eigenvalue weighted by atomic mass is 10.2. The first kappa shape index (κ1) is 16.5. The summed E-state index contributed by atoms with van der Waals surface area (Å²) in [5, 5.41) is 2.52. The predicted octanol–water partition coefficient (Wildman–Crippen LogP) is 3.00. The first-order valence-corrected chi connectivity index (χ1v) is 7.99. The Balaban J connectivity index is 1.58. The number of nitrogens with zero attached hydrogens (tertiary/aromatic N) is 1. The zero-order valence-electron chi connectivity index (χ0n) is 13.7. The van der Waals surface area contributed by atoms with Gasteiger partial charge in [-0.15, -0.1) is 0 Å². The molecule has 0 amide bonds. The van der Waals surface area contributed by atoms with Gasteiger partial charge in [0.05, 0.1) is 26.9 Å². The molecule has 0 atom stereocenters. The number of hydrogen-bond donors (Lipinski definition) is 0. The van der Waals surface area contributed by atoms with Crippen LogP contribution in [0.4, 0.5) is 0 Å². The van der Waals surface area contributed by atoms with Crippen molar-refractivity contribution in [3.63, 3.8) is 0 Å². The minimum atomic E-state index is -0.375. The number of hydrogen-bond acceptors (Lipinski definition) is 4. The van der Waals surface area contributed by atoms with Crippen molar-refractivity contribution in [3.05, 3.63) is 48.5 Å². The van der Waals surface area contributed by atoms with Crippen LogP contribution in [0.1, 0.15) is 0 Å². The highest BCUT2D eigenvalue weighted by molar-refractivity contribution is 6.07. The molecule has 0 aliphatic carbocycles. The molecule has 24 heavy (non-hydrogen) atoms. The molecule has 0 spiro atoms. The molecular weight excluding hydrogens is 306 g/mol. The van der Waals surface area contributed by atoms with E-state index >= 15 is 0 Å². The fourth-order valence-corrected chi connectivity index (χ4v) is 2.83. The maximum Gasteiger partial charge on any atom is 0.331 e. The summed E-state index contributed by atoms with van der Waals surface area (Å²) in [6.45, 7) is 2.15. The molecule has 3 rings (SSSR count). The van der Waals surface area contributed by atoms with Crippen LogP contribution in [-0.2, 0) is 25.5 Å². The molecule has 0 aliphatic rings. The molecule has 1 aromatic heterocycles. The highest BCUT2D eigenvalue weighted by Gasteiger charge is 2.09. The largest absolute Gasteiger partial charge is 0.467 e. The minimum absolute atomic E-state index is 0.0350. The third kappa shape index (κ3) is 3.58. The molecule has 1 heterocycles. The molecule has 3 aromatic rings. The van der Waals surface area contributed by atoms with Crippen molar-refractivity contribution in [3.8, 4) is 0 Å². The molecule has 2 aromatic carbocycles. The van der Waals surface area contributed by atoms with Crippen LogP contribution >= 0.6 is 0 Å². The van der Waals surface area contributed by atoms with Gasteiger partial charge in [-0.25, -0.2) is 4.79 Å². The van der Waals surface area contributed by atoms with Crippen LogP contribution in [0.15, 0.2) is 48.5 Å². The molecule has 0 bridgehead atoms. The van der Waals surface area contributed by atoms with Gasteiger partial charge in [-0.2, -0.15) is 0 Å². The van der Waals surface area contributed by atoms with Gasteiger partial charge in [0.25, 0.3) is 0 Å². The van der Waals surface area contributed by atoms with Crippen molar-refractivity contribution in [2.24, 2.45) is 0 Å². The number of carbonyl (C=O) groups is 1. The molecule has 0 unspecified atom stereocenters. The van der Waals surface area contributed by atoms with Crippen molar-refractivity contribution in [1.82, 2.24) is 4.57 Å². The second-order valence-electron chi connectivity index (χ2n) is 5.43. The molecule has 0 aliphatic heterocycles. The number of benzene rings is 2. The van der Waals surface area contributed by atoms with Gasteiger partial charge in [0.15, 0.2) is 0 Å². The van der Waals surface area contributed by atoms with Crippen LogP contribution in [0, 0.1) is 0 Å². The lowest BCUT2D eigenvalue weighted by Crippen LogP contribution is -2.14. The Bertz CT molecular complexity index is 771. The highest BCUT2D eigenvalue weighted by Crippen LogP contribution is 2.28. The summed E-state index contributed by atoms with van der Waals surface area (Å²) in [5.74, 6) is -0.375. The third-order valence-corrected chi connectivity index (χ3v) is 3.96. The Morgan fingerprint density at radius 2 is 1.46 bits per heavy atom. The maximum absolute atomic E-state index is 10.9. The Morgan fingerprint density at radius 3 is 2.08 bits per heavy atom. The molecule has 0 saturated carbocycles. The fourth-order valence-electron chi connectivity index (χ4n) is 2.83. The van der Waals surface area contributed by atoms with Crippen molar-refractivity contribution in [2.75, 3.05) is 33.5 Å². The van der Waals surface area contributed by atoms with Gasteiger partial charge in [-0.1, -0.05) is 36.4 Å². The van der Waals surface area contributed by atoms with Crippen molar-refractivity contribution >= 4 is 27.8 Å². The molecule has 5 nitrogen and oxygen atoms in total. The van der Waals surface area contributed by atoms with E-state index in [4.69, 9.17) is 9.47 Å². The molecular formula is C19H21NO4. The van der Waals surface area contributed by atoms with Gasteiger partial charge in [0.1, 0.15) is 6.61 Å². The number of ether oxygens (including phenoxy) is 3. The quantitative estimate of drug-likeness (QED) is 0.471. The predicted molar refractivity (Wildman–Crippen MR) is 93.1 cm³/mol. The van der Waals surface area contributed by atoms with Gasteiger partial charge in [0, 0.05) is 28.4 Å². The van der Waals surface area contributed by atoms with Crippen LogP contribution in [0.25, 0.3) is 21.8 Å². The standard InChI is InChI=1S/C19H21NO4/c1-22-19(21)14-24-13-12-23-11-10-20-17-8-4-2-6-15(17)16-7-3-5-9-18(16)20/h2-9H,10-14H2,1H3. The van der Waals surface area contributed by atoms with E-state index in [1.165, 1.54) is 28.9 Å². The van der Waals surface area contributed by atoms with Crippen LogP contribution in [0.5, 0.6) is 0 Å². The zero-order chi connectivity index (χ0) is 16.8. The molecule has 0 N–H and O–H groups in total. The topological polar surface area (TPSA) is 49.7 Å². The second-order valence-corrected chi connectivity index (χ2v) is 5.43. The van der Waals surface area contributed by atoms with Crippen molar-refractivity contribution in [1.29, 1.82) is 0 Å². The summed E-state index contributed by atoms with van der Waals surface area (Å²) in [4.78, 5) is 10.9. The third-order valence-electron chi connectivity index (χ3n) is 3.96. The van der Waals surface area contributed by atoms with Gasteiger partial charge in [0.2, 0.25) is 0 Å². The zero-order valence-corrected chi connectivity index (χ0v) is 13.7. The lowest BCUT2D eigenvalue weighted by Gasteiger charge is -2.09. The second kappa shape index (κ2) is 7.95. The van der Waals surface area contributed by atoms with E-state index in [0.717, 1.165) is 6.54 Å². The molecule has 5 heteroatoms. The minimum Gasteiger partial charge on any atom is -0.467 e. The average Bonchev–Trinajstić information content (AvgIpc) is 2.95. The van der Waals surface area contributed by atoms with E-state index in [1.54, 1.807) is 0 Å². The average molecular weight is 327 g/mol. The molecule has 0 saturated heterocycles. The lowest BCUT2D eigenvalue weighted by molar-refractivity contribution is -0.146. The fraction of sp³-hybridized carbons (Fsp3) is 0.316. The van der Waals surface area contributed by atoms with Crippen molar-refractivity contribution < 1.29 is 19.0 Å². The number of rotatable bonds is 8. The van der Waals surface area contributed by atoms with Gasteiger partial charge >= 0.3 is 5.97 Å². The van der Waals surface area contributed by atoms with E-state index in [2.05, 4.69) is 57.8 Å². The number of esters is 1. The van der Waals surface area contributed by atoms with Gasteiger partial charge in [-0.05, 0) is 12.1 Å². The summed E-state index contributed by atoms with van der Waals surface area (Å²) in [5.41, 5.74) is 2.42. The first-order valence-electron chi connectivity index (χ1n) is 7.99. The Hall–Kier alpha value is -2.37. The van der Waals surface area contributed by atoms with Crippen molar-refractivity contribution in [2.45, 2.75) is 6.54 Å². The van der Waals surface area contributed by atoms with Crippen LogP contribution < -0.4 is 0 Å². The summed E-state index contributed by atoms with van der Waals surface area (Å²) in [6.07, 6.45) is 0. The van der Waals surface area contributed by atoms with Gasteiger partial charge in [-0.3, -0.25) is 0 Å². The summed E-state index contributed by atoms with van der Waals surface area (Å²) in [7, 11) is 1.34. The van der Waals surface area contributed by atoms with E-state index in [0.29, 0.717) is 19.8 Å². The van der Waals surface area contributed by atoms with Crippen LogP contribution in [-0.4, -0.2) is 44.1 Å². The van der Waals surface area contributed by atoms with E-state index in [1.807, 2.05) is 0 Å². The molecule has 126 valence electrons. The highest BCUT2D eigenvalue weighted by atomic mass is 16.6. The Kier molecular flexibility index (Phi) is 5.46. The van der Waals surface area contributed by atoms with Gasteiger partial charge < -0.3 is 18.8 Å². The smallest absolute Gasteiger partial charge is 0.331 e. The Labute approximate surface area is 140 Å². The number of para-hydroxylation sites is 2. The maximum atomic E-state index is 10.9. The SMILES string of the molecule is COC(=O)COCCOCCn1c2ccccc2c2ccccc21. The number of fused-ring (bicyclic) bond motifs is 3. The van der Waals surface area contributed by atoms with E-state index < -0.39 is 0 Å².